The van der Waals surface area contributed by atoms with Crippen LogP contribution in [0.1, 0.15) is 71.0 Å². The zero-order chi connectivity index (χ0) is 15.2. The highest BCUT2D eigenvalue weighted by atomic mass is 16.4. The molecule has 116 valence electrons. The molecule has 0 aliphatic heterocycles. The molecule has 0 amide bonds. The summed E-state index contributed by atoms with van der Waals surface area (Å²) in [4.78, 5) is 12.2. The minimum atomic E-state index is -1.08. The Balaban J connectivity index is 0.000000796. The standard InChI is InChI=1S/C14H26N2.C2H4O2/c1-3-4-5-6-7-8-9-10-11-14-15-12-13-16(14)2;1-2(3)4/h12-13H,3-11H2,1-2H3;1H3,(H,3,4). The summed E-state index contributed by atoms with van der Waals surface area (Å²) in [6, 6.07) is 0. The fraction of sp³-hybridized carbons (Fsp3) is 0.750. The molecule has 0 saturated heterocycles. The number of hydrogen-bond acceptors (Lipinski definition) is 2. The first-order valence-electron chi connectivity index (χ1n) is 7.77. The molecule has 0 aliphatic carbocycles. The number of nitrogens with one attached hydrogen (secondary N) is 1. The van der Waals surface area contributed by atoms with Gasteiger partial charge in [0, 0.05) is 12.4 Å². The van der Waals surface area contributed by atoms with Crippen molar-refractivity contribution in [2.24, 2.45) is 7.05 Å². The second-order valence-electron chi connectivity index (χ2n) is 5.23. The van der Waals surface area contributed by atoms with Gasteiger partial charge in [0.15, 0.2) is 0 Å². The van der Waals surface area contributed by atoms with E-state index < -0.39 is 5.97 Å². The summed E-state index contributed by atoms with van der Waals surface area (Å²) in [5.74, 6) is 0.269. The van der Waals surface area contributed by atoms with Crippen LogP contribution in [0.4, 0.5) is 0 Å². The van der Waals surface area contributed by atoms with Gasteiger partial charge in [-0.25, -0.2) is 9.55 Å². The smallest absolute Gasteiger partial charge is 0.253 e. The molecule has 1 aromatic rings. The van der Waals surface area contributed by atoms with E-state index in [0.29, 0.717) is 0 Å². The lowest BCUT2D eigenvalue weighted by atomic mass is 10.1. The van der Waals surface area contributed by atoms with Crippen molar-refractivity contribution in [3.8, 4) is 0 Å². The molecule has 0 bridgehead atoms. The molecule has 0 spiro atoms. The van der Waals surface area contributed by atoms with Crippen LogP contribution < -0.4 is 9.67 Å². The summed E-state index contributed by atoms with van der Waals surface area (Å²) in [6.45, 7) is 3.25. The van der Waals surface area contributed by atoms with Crippen molar-refractivity contribution in [3.63, 3.8) is 0 Å². The molecule has 0 fully saturated rings. The van der Waals surface area contributed by atoms with E-state index in [-0.39, 0.29) is 0 Å². The van der Waals surface area contributed by atoms with Crippen LogP contribution in [0.5, 0.6) is 0 Å². The third-order valence-corrected chi connectivity index (χ3v) is 3.24. The van der Waals surface area contributed by atoms with Crippen molar-refractivity contribution in [1.82, 2.24) is 4.98 Å². The molecule has 0 unspecified atom stereocenters. The minimum absolute atomic E-state index is 0.972. The monoisotopic (exact) mass is 282 g/mol. The number of unbranched alkanes of at least 4 members (excludes halogenated alkanes) is 7. The van der Waals surface area contributed by atoms with Crippen molar-refractivity contribution in [2.45, 2.75) is 71.6 Å². The summed E-state index contributed by atoms with van der Waals surface area (Å²) in [6.07, 6.45) is 16.5. The van der Waals surface area contributed by atoms with E-state index >= 15 is 0 Å². The molecule has 4 nitrogen and oxygen atoms in total. The lowest BCUT2D eigenvalue weighted by Gasteiger charge is -2.00. The maximum absolute atomic E-state index is 8.89. The van der Waals surface area contributed by atoms with Gasteiger partial charge in [0.1, 0.15) is 12.4 Å². The van der Waals surface area contributed by atoms with Crippen molar-refractivity contribution in [2.75, 3.05) is 0 Å². The Morgan fingerprint density at radius 3 is 2.10 bits per heavy atom. The van der Waals surface area contributed by atoms with Crippen LogP contribution in [0.3, 0.4) is 0 Å². The van der Waals surface area contributed by atoms with E-state index in [9.17, 15) is 0 Å². The Kier molecular flexibility index (Phi) is 11.9. The number of carboxylic acids is 1. The highest BCUT2D eigenvalue weighted by Crippen LogP contribution is 2.09. The van der Waals surface area contributed by atoms with Crippen LogP contribution in [0.2, 0.25) is 0 Å². The second kappa shape index (κ2) is 12.7. The highest BCUT2D eigenvalue weighted by molar-refractivity contribution is 5.60. The van der Waals surface area contributed by atoms with Crippen LogP contribution in [0.15, 0.2) is 12.4 Å². The number of hydrogen-bond donors (Lipinski definition) is 1. The quantitative estimate of drug-likeness (QED) is 0.558. The van der Waals surface area contributed by atoms with Gasteiger partial charge < -0.3 is 9.90 Å². The molecule has 1 rings (SSSR count). The third kappa shape index (κ3) is 11.8. The van der Waals surface area contributed by atoms with E-state index in [1.54, 1.807) is 0 Å². The Morgan fingerprint density at radius 1 is 1.15 bits per heavy atom. The van der Waals surface area contributed by atoms with E-state index in [0.717, 1.165) is 6.92 Å². The minimum Gasteiger partial charge on any atom is -0.550 e. The van der Waals surface area contributed by atoms with Crippen LogP contribution in [-0.4, -0.2) is 11.0 Å². The predicted molar refractivity (Wildman–Crippen MR) is 79.0 cm³/mol. The summed E-state index contributed by atoms with van der Waals surface area (Å²) >= 11 is 0. The van der Waals surface area contributed by atoms with Gasteiger partial charge in [-0.1, -0.05) is 51.9 Å². The zero-order valence-electron chi connectivity index (χ0n) is 13.3. The second-order valence-corrected chi connectivity index (χ2v) is 5.23. The molecule has 0 saturated carbocycles. The first-order chi connectivity index (χ1) is 9.57. The molecule has 1 aromatic heterocycles. The van der Waals surface area contributed by atoms with Crippen molar-refractivity contribution in [3.05, 3.63) is 18.2 Å². The fourth-order valence-corrected chi connectivity index (χ4v) is 2.11. The lowest BCUT2D eigenvalue weighted by molar-refractivity contribution is -0.677. The maximum atomic E-state index is 8.89. The summed E-state index contributed by atoms with van der Waals surface area (Å²) in [5.41, 5.74) is 0. The largest absolute Gasteiger partial charge is 0.550 e. The fourth-order valence-electron chi connectivity index (χ4n) is 2.11. The molecule has 1 heterocycles. The Labute approximate surface area is 123 Å². The van der Waals surface area contributed by atoms with Crippen molar-refractivity contribution in [1.29, 1.82) is 0 Å². The summed E-state index contributed by atoms with van der Waals surface area (Å²) in [5, 5.41) is 8.89. The molecule has 0 aliphatic rings. The maximum Gasteiger partial charge on any atom is 0.253 e. The van der Waals surface area contributed by atoms with Crippen LogP contribution in [0, 0.1) is 0 Å². The molecular weight excluding hydrogens is 252 g/mol. The Morgan fingerprint density at radius 2 is 1.65 bits per heavy atom. The predicted octanol–water partition coefficient (Wildman–Crippen LogP) is 2.28. The number of imidazole rings is 1. The van der Waals surface area contributed by atoms with Gasteiger partial charge in [0.25, 0.3) is 5.82 Å². The number of carbonyl (C=O) groups is 1. The van der Waals surface area contributed by atoms with Crippen molar-refractivity contribution < 1.29 is 14.5 Å². The van der Waals surface area contributed by atoms with Gasteiger partial charge in [-0.2, -0.15) is 0 Å². The lowest BCUT2D eigenvalue weighted by Crippen LogP contribution is -2.30. The molecular formula is C16H30N2O2. The topological polar surface area (TPSA) is 59.8 Å². The highest BCUT2D eigenvalue weighted by Gasteiger charge is 2.04. The first-order valence-corrected chi connectivity index (χ1v) is 7.77. The molecule has 0 radical (unpaired) electrons. The van der Waals surface area contributed by atoms with Gasteiger partial charge in [-0.05, 0) is 13.3 Å². The number of carboxylic acid groups (broad SMARTS) is 1. The molecule has 4 heteroatoms. The number of nitrogens with zero attached hydrogens (tertiary/aromatic N) is 1. The van der Waals surface area contributed by atoms with E-state index in [2.05, 4.69) is 29.7 Å². The van der Waals surface area contributed by atoms with Gasteiger partial charge >= 0.3 is 0 Å². The number of aryl methyl sites for hydroxylation is 2. The summed E-state index contributed by atoms with van der Waals surface area (Å²) in [7, 11) is 2.11. The van der Waals surface area contributed by atoms with Crippen molar-refractivity contribution >= 4 is 5.97 Å². The molecule has 0 atom stereocenters. The van der Waals surface area contributed by atoms with E-state index in [1.165, 1.54) is 63.6 Å². The van der Waals surface area contributed by atoms with Crippen LogP contribution in [-0.2, 0) is 18.3 Å². The Bertz CT molecular complexity index is 344. The number of carbonyl (C=O) groups excluding carboxylic acids is 1. The third-order valence-electron chi connectivity index (χ3n) is 3.24. The van der Waals surface area contributed by atoms with Gasteiger partial charge in [0.2, 0.25) is 0 Å². The van der Waals surface area contributed by atoms with Gasteiger partial charge in [0.05, 0.1) is 7.05 Å². The molecule has 0 aromatic carbocycles. The van der Waals surface area contributed by atoms with Crippen LogP contribution in [0.25, 0.3) is 0 Å². The zero-order valence-corrected chi connectivity index (χ0v) is 13.3. The number of aromatic amines is 1. The number of H-pyrrole nitrogens is 1. The average molecular weight is 282 g/mol. The summed E-state index contributed by atoms with van der Waals surface area (Å²) < 4.78 is 2.18. The molecule has 1 N–H and O–H groups in total. The number of aliphatic carboxylic acids is 1. The van der Waals surface area contributed by atoms with Gasteiger partial charge in [-0.15, -0.1) is 0 Å². The SMILES string of the molecule is CC(=O)[O-].CCCCCCCCCCc1[nH]cc[n+]1C. The van der Waals surface area contributed by atoms with E-state index in [4.69, 9.17) is 9.90 Å². The Hall–Kier alpha value is -1.32. The van der Waals surface area contributed by atoms with Crippen LogP contribution >= 0.6 is 0 Å². The molecule has 20 heavy (non-hydrogen) atoms. The van der Waals surface area contributed by atoms with Gasteiger partial charge in [-0.3, -0.25) is 0 Å². The normalized spacial score (nSPS) is 9.95. The number of rotatable bonds is 9. The first kappa shape index (κ1) is 18.7. The van der Waals surface area contributed by atoms with E-state index in [1.807, 2.05) is 6.20 Å². The average Bonchev–Trinajstić information content (AvgIpc) is 2.78. The number of aromatic nitrogens is 2.